The zero-order valence-corrected chi connectivity index (χ0v) is 16.3. The molecule has 24 heavy (non-hydrogen) atoms. The van der Waals surface area contributed by atoms with E-state index in [0.717, 1.165) is 59.5 Å². The predicted molar refractivity (Wildman–Crippen MR) is 104 cm³/mol. The first-order valence-corrected chi connectivity index (χ1v) is 9.76. The van der Waals surface area contributed by atoms with Gasteiger partial charge in [-0.1, -0.05) is 23.2 Å². The number of likely N-dealkylation sites (N-methyl/N-ethyl adjacent to an activating group) is 1. The van der Waals surface area contributed by atoms with Crippen LogP contribution in [-0.2, 0) is 0 Å². The lowest BCUT2D eigenvalue weighted by molar-refractivity contribution is 0.134. The van der Waals surface area contributed by atoms with Crippen molar-refractivity contribution in [2.45, 2.75) is 6.92 Å². The van der Waals surface area contributed by atoms with Crippen molar-refractivity contribution in [3.8, 4) is 16.2 Å². The molecular weight excluding hydrogens is 363 g/mol. The first-order chi connectivity index (χ1) is 11.6. The molecule has 1 aromatic carbocycles. The Balaban J connectivity index is 1.63. The summed E-state index contributed by atoms with van der Waals surface area (Å²) in [6.45, 7) is 8.04. The van der Waals surface area contributed by atoms with Gasteiger partial charge in [-0.2, -0.15) is 0 Å². The Bertz CT molecular complexity index is 696. The number of hydrogen-bond donors (Lipinski definition) is 0. The molecule has 0 N–H and O–H groups in total. The summed E-state index contributed by atoms with van der Waals surface area (Å²) in [6.07, 6.45) is 0. The van der Waals surface area contributed by atoms with E-state index < -0.39 is 0 Å². The van der Waals surface area contributed by atoms with Crippen LogP contribution in [0.15, 0.2) is 23.6 Å². The maximum Gasteiger partial charge on any atom is 0.138 e. The fourth-order valence-electron chi connectivity index (χ4n) is 2.86. The van der Waals surface area contributed by atoms with Crippen LogP contribution in [0.5, 0.6) is 5.75 Å². The van der Waals surface area contributed by atoms with Gasteiger partial charge in [0, 0.05) is 32.7 Å². The SMILES string of the molecule is Cc1c(-c2sccc2Cl)ccc(OCCN2CCN(C)CC2)c1Cl. The quantitative estimate of drug-likeness (QED) is 0.745. The molecular formula is C18H22Cl2N2OS. The third-order valence-electron chi connectivity index (χ3n) is 4.47. The second-order valence-electron chi connectivity index (χ2n) is 6.14. The Labute approximate surface area is 157 Å². The van der Waals surface area contributed by atoms with Crippen LogP contribution >= 0.6 is 34.5 Å². The second kappa shape index (κ2) is 8.07. The van der Waals surface area contributed by atoms with Crippen molar-refractivity contribution >= 4 is 34.5 Å². The van der Waals surface area contributed by atoms with Gasteiger partial charge in [0.1, 0.15) is 12.4 Å². The summed E-state index contributed by atoms with van der Waals surface area (Å²) in [5, 5.41) is 3.43. The van der Waals surface area contributed by atoms with E-state index in [0.29, 0.717) is 11.6 Å². The highest BCUT2D eigenvalue weighted by molar-refractivity contribution is 7.14. The first-order valence-electron chi connectivity index (χ1n) is 8.12. The lowest BCUT2D eigenvalue weighted by Gasteiger charge is -2.32. The van der Waals surface area contributed by atoms with Gasteiger partial charge >= 0.3 is 0 Å². The molecule has 0 unspecified atom stereocenters. The molecule has 130 valence electrons. The molecule has 0 bridgehead atoms. The van der Waals surface area contributed by atoms with E-state index in [-0.39, 0.29) is 0 Å². The zero-order chi connectivity index (χ0) is 17.1. The number of halogens is 2. The van der Waals surface area contributed by atoms with Crippen LogP contribution in [0.1, 0.15) is 5.56 Å². The van der Waals surface area contributed by atoms with Crippen molar-refractivity contribution in [2.75, 3.05) is 46.4 Å². The Kier molecular flexibility index (Phi) is 6.06. The van der Waals surface area contributed by atoms with Crippen LogP contribution in [0, 0.1) is 6.92 Å². The monoisotopic (exact) mass is 384 g/mol. The van der Waals surface area contributed by atoms with E-state index in [9.17, 15) is 0 Å². The smallest absolute Gasteiger partial charge is 0.138 e. The van der Waals surface area contributed by atoms with E-state index >= 15 is 0 Å². The molecule has 3 rings (SSSR count). The average Bonchev–Trinajstić information content (AvgIpc) is 2.99. The summed E-state index contributed by atoms with van der Waals surface area (Å²) < 4.78 is 5.93. The molecule has 1 saturated heterocycles. The molecule has 2 heterocycles. The van der Waals surface area contributed by atoms with Gasteiger partial charge in [0.15, 0.2) is 0 Å². The van der Waals surface area contributed by atoms with Crippen molar-refractivity contribution in [3.05, 3.63) is 39.2 Å². The maximum atomic E-state index is 6.52. The molecule has 1 aliphatic rings. The summed E-state index contributed by atoms with van der Waals surface area (Å²) >= 11 is 14.4. The van der Waals surface area contributed by atoms with Crippen LogP contribution in [0.25, 0.3) is 10.4 Å². The average molecular weight is 385 g/mol. The molecule has 0 amide bonds. The molecule has 0 radical (unpaired) electrons. The number of benzene rings is 1. The highest BCUT2D eigenvalue weighted by Gasteiger charge is 2.16. The minimum atomic E-state index is 0.655. The number of piperazine rings is 1. The van der Waals surface area contributed by atoms with E-state index in [1.54, 1.807) is 11.3 Å². The van der Waals surface area contributed by atoms with E-state index in [4.69, 9.17) is 27.9 Å². The normalized spacial score (nSPS) is 16.5. The number of rotatable bonds is 5. The van der Waals surface area contributed by atoms with Crippen LogP contribution < -0.4 is 4.74 Å². The number of hydrogen-bond acceptors (Lipinski definition) is 4. The van der Waals surface area contributed by atoms with Crippen molar-refractivity contribution in [2.24, 2.45) is 0 Å². The molecule has 0 saturated carbocycles. The minimum absolute atomic E-state index is 0.655. The van der Waals surface area contributed by atoms with E-state index in [1.165, 1.54) is 0 Å². The van der Waals surface area contributed by atoms with Crippen molar-refractivity contribution in [1.29, 1.82) is 0 Å². The van der Waals surface area contributed by atoms with Gasteiger partial charge in [-0.05, 0) is 48.7 Å². The Morgan fingerprint density at radius 3 is 2.54 bits per heavy atom. The molecule has 2 aromatic rings. The van der Waals surface area contributed by atoms with Crippen molar-refractivity contribution in [3.63, 3.8) is 0 Å². The highest BCUT2D eigenvalue weighted by atomic mass is 35.5. The van der Waals surface area contributed by atoms with Gasteiger partial charge in [-0.3, -0.25) is 4.90 Å². The second-order valence-corrected chi connectivity index (χ2v) is 7.84. The summed E-state index contributed by atoms with van der Waals surface area (Å²) in [6, 6.07) is 5.91. The fraction of sp³-hybridized carbons (Fsp3) is 0.444. The van der Waals surface area contributed by atoms with Gasteiger partial charge in [-0.15, -0.1) is 11.3 Å². The predicted octanol–water partition coefficient (Wildman–Crippen LogP) is 4.66. The number of nitrogens with zero attached hydrogens (tertiary/aromatic N) is 2. The Hall–Kier alpha value is -0.780. The lowest BCUT2D eigenvalue weighted by atomic mass is 10.1. The van der Waals surface area contributed by atoms with Crippen molar-refractivity contribution in [1.82, 2.24) is 9.80 Å². The lowest BCUT2D eigenvalue weighted by Crippen LogP contribution is -2.45. The first kappa shape index (κ1) is 18.0. The summed E-state index contributed by atoms with van der Waals surface area (Å²) in [5.41, 5.74) is 2.09. The van der Waals surface area contributed by atoms with Crippen LogP contribution in [0.4, 0.5) is 0 Å². The van der Waals surface area contributed by atoms with E-state index in [2.05, 4.69) is 16.8 Å². The van der Waals surface area contributed by atoms with Crippen LogP contribution in [-0.4, -0.2) is 56.2 Å². The summed E-state index contributed by atoms with van der Waals surface area (Å²) in [4.78, 5) is 5.84. The summed E-state index contributed by atoms with van der Waals surface area (Å²) in [7, 11) is 2.16. The summed E-state index contributed by atoms with van der Waals surface area (Å²) in [5.74, 6) is 0.750. The van der Waals surface area contributed by atoms with Crippen LogP contribution in [0.3, 0.4) is 0 Å². The molecule has 3 nitrogen and oxygen atoms in total. The molecule has 1 aliphatic heterocycles. The van der Waals surface area contributed by atoms with Gasteiger partial charge in [-0.25, -0.2) is 0 Å². The van der Waals surface area contributed by atoms with Gasteiger partial charge in [0.25, 0.3) is 0 Å². The minimum Gasteiger partial charge on any atom is -0.491 e. The largest absolute Gasteiger partial charge is 0.491 e. The molecule has 6 heteroatoms. The maximum absolute atomic E-state index is 6.52. The standard InChI is InChI=1S/C18H22Cl2N2OS/c1-13-14(18-15(19)5-12-24-18)3-4-16(17(13)20)23-11-10-22-8-6-21(2)7-9-22/h3-5,12H,6-11H2,1-2H3. The Morgan fingerprint density at radius 2 is 1.88 bits per heavy atom. The fourth-order valence-corrected chi connectivity index (χ4v) is 4.32. The van der Waals surface area contributed by atoms with Crippen LogP contribution in [0.2, 0.25) is 10.0 Å². The molecule has 0 aliphatic carbocycles. The zero-order valence-electron chi connectivity index (χ0n) is 14.0. The molecule has 1 aromatic heterocycles. The van der Waals surface area contributed by atoms with Gasteiger partial charge in [0.05, 0.1) is 14.9 Å². The third kappa shape index (κ3) is 4.06. The van der Waals surface area contributed by atoms with Gasteiger partial charge in [0.2, 0.25) is 0 Å². The Morgan fingerprint density at radius 1 is 1.12 bits per heavy atom. The number of thiophene rings is 1. The number of ether oxygens (including phenoxy) is 1. The third-order valence-corrected chi connectivity index (χ3v) is 6.32. The topological polar surface area (TPSA) is 15.7 Å². The molecule has 0 spiro atoms. The van der Waals surface area contributed by atoms with Gasteiger partial charge < -0.3 is 9.64 Å². The highest BCUT2D eigenvalue weighted by Crippen LogP contribution is 2.40. The van der Waals surface area contributed by atoms with E-state index in [1.807, 2.05) is 30.5 Å². The molecule has 0 atom stereocenters. The van der Waals surface area contributed by atoms with Crippen molar-refractivity contribution < 1.29 is 4.74 Å². The molecule has 1 fully saturated rings.